The third-order valence-corrected chi connectivity index (χ3v) is 13.6. The smallest absolute Gasteiger partial charge is 0.300 e. The van der Waals surface area contributed by atoms with Crippen LogP contribution in [0.15, 0.2) is 89.1 Å². The molecule has 0 unspecified atom stereocenters. The number of fused-ring (bicyclic) bond motifs is 4. The monoisotopic (exact) mass is 966 g/mol. The molecule has 7 rings (SSSR count). The highest BCUT2D eigenvalue weighted by atomic mass is 35.5. The van der Waals surface area contributed by atoms with E-state index in [2.05, 4.69) is 20.6 Å². The first-order chi connectivity index (χ1) is 27.6. The summed E-state index contributed by atoms with van der Waals surface area (Å²) in [6, 6.07) is 8.26. The zero-order valence-electron chi connectivity index (χ0n) is 28.7. The number of ether oxygens (including phenoxy) is 2. The van der Waals surface area contributed by atoms with E-state index in [9.17, 15) is 64.9 Å². The number of nitrogens with two attached hydrogens (primary N) is 2. The van der Waals surface area contributed by atoms with Gasteiger partial charge in [-0.1, -0.05) is 23.2 Å². The van der Waals surface area contributed by atoms with E-state index in [1.165, 1.54) is 12.1 Å². The quantitative estimate of drug-likeness (QED) is 0.0729. The van der Waals surface area contributed by atoms with Gasteiger partial charge >= 0.3 is 0 Å². The van der Waals surface area contributed by atoms with E-state index in [1.807, 2.05) is 0 Å². The van der Waals surface area contributed by atoms with E-state index < -0.39 is 137 Å². The lowest BCUT2D eigenvalue weighted by Gasteiger charge is -2.24. The van der Waals surface area contributed by atoms with Crippen molar-refractivity contribution in [3.8, 4) is 23.0 Å². The molecule has 30 heteroatoms. The van der Waals surface area contributed by atoms with E-state index >= 15 is 0 Å². The van der Waals surface area contributed by atoms with Gasteiger partial charge in [-0.3, -0.25) is 22.8 Å². The van der Waals surface area contributed by atoms with Crippen molar-refractivity contribution in [3.05, 3.63) is 75.4 Å². The summed E-state index contributed by atoms with van der Waals surface area (Å²) in [6.45, 7) is 0. The summed E-state index contributed by atoms with van der Waals surface area (Å²) < 4.78 is 185. The Hall–Kier alpha value is -5.37. The van der Waals surface area contributed by atoms with Gasteiger partial charge in [0.25, 0.3) is 50.6 Å². The molecule has 11 N–H and O–H groups in total. The number of nitrogens with zero attached hydrogens (tertiary/aromatic N) is 2. The molecular formula is C30H20Cl2N6O17S5. The summed E-state index contributed by atoms with van der Waals surface area (Å²) in [7, 11) is -25.9. The Balaban J connectivity index is 1.38. The standard InChI is InChI=1S/C30H20Cl2N6O17S5/c31-21-24-28(55-26-14(38-24)4-6-16(30(26)60(51,52)53)36-17-9-19(57(42,43)44)12(34)8-20(17)58(45,46)47)22(32)23-27(21)54-25-13(37-23)3-5-15(29(25)59(48,49)50)35-10-1-2-11(33)18(7-10)56(39,40)41/h1-9,35-36H,33-34H2,(H,39,40,41)(H,42,43,44)(H,45,46,47)(H,48,49,50)(H,51,52,53). The third kappa shape index (κ3) is 7.63. The predicted octanol–water partition coefficient (Wildman–Crippen LogP) is 3.99. The first kappa shape index (κ1) is 42.7. The Morgan fingerprint density at radius 1 is 0.483 bits per heavy atom. The average molecular weight is 968 g/mol. The Labute approximate surface area is 346 Å². The lowest BCUT2D eigenvalue weighted by atomic mass is 10.1. The number of benzene rings is 5. The molecule has 5 aromatic rings. The van der Waals surface area contributed by atoms with Crippen LogP contribution in [0.4, 0.5) is 45.5 Å². The second-order valence-electron chi connectivity index (χ2n) is 12.3. The van der Waals surface area contributed by atoms with Crippen molar-refractivity contribution < 1.29 is 74.3 Å². The lowest BCUT2D eigenvalue weighted by molar-refractivity contribution is 0.428. The predicted molar refractivity (Wildman–Crippen MR) is 208 cm³/mol. The normalized spacial score (nSPS) is 13.6. The molecule has 316 valence electrons. The molecule has 0 fully saturated rings. The van der Waals surface area contributed by atoms with Crippen molar-refractivity contribution in [1.82, 2.24) is 0 Å². The number of nitrogens with one attached hydrogen (secondary N) is 2. The van der Waals surface area contributed by atoms with Crippen molar-refractivity contribution >= 4 is 119 Å². The molecule has 23 nitrogen and oxygen atoms in total. The fraction of sp³-hybridized carbons (Fsp3) is 0. The van der Waals surface area contributed by atoms with E-state index in [1.54, 1.807) is 0 Å². The second-order valence-corrected chi connectivity index (χ2v) is 19.9. The SMILES string of the molecule is Nc1ccc(Nc2ccc3c(c2S(=O)(=O)O)Oc2c(Cl)c4c(c(Cl)c2=N3)Oc2c(ccc(Nc3cc(S(=O)(=O)O)c(N)cc3S(=O)(=O)O)c2S(=O)(=O)O)N=4)cc1S(=O)(=O)O. The highest BCUT2D eigenvalue weighted by molar-refractivity contribution is 7.87. The van der Waals surface area contributed by atoms with Gasteiger partial charge in [0.15, 0.2) is 32.8 Å². The molecule has 2 aliphatic rings. The molecule has 0 saturated carbocycles. The molecule has 0 aromatic heterocycles. The molecule has 0 aliphatic carbocycles. The molecule has 0 amide bonds. The Kier molecular flexibility index (Phi) is 10.0. The first-order valence-electron chi connectivity index (χ1n) is 15.5. The van der Waals surface area contributed by atoms with Crippen LogP contribution < -0.4 is 42.3 Å². The molecular weight excluding hydrogens is 948 g/mol. The van der Waals surface area contributed by atoms with Gasteiger partial charge in [-0.25, -0.2) is 9.98 Å². The molecule has 60 heavy (non-hydrogen) atoms. The van der Waals surface area contributed by atoms with E-state index in [4.69, 9.17) is 44.1 Å². The van der Waals surface area contributed by atoms with Gasteiger partial charge in [0, 0.05) is 5.69 Å². The molecule has 0 bridgehead atoms. The molecule has 5 aromatic carbocycles. The summed E-state index contributed by atoms with van der Waals surface area (Å²) in [5.41, 5.74) is 7.21. The minimum absolute atomic E-state index is 0.127. The fourth-order valence-electron chi connectivity index (χ4n) is 5.89. The molecule has 2 heterocycles. The minimum Gasteiger partial charge on any atom is -0.450 e. The summed E-state index contributed by atoms with van der Waals surface area (Å²) in [6.07, 6.45) is 0. The van der Waals surface area contributed by atoms with Gasteiger partial charge in [-0.05, 0) is 54.6 Å². The number of halogens is 2. The van der Waals surface area contributed by atoms with Crippen LogP contribution in [-0.4, -0.2) is 64.9 Å². The topological polar surface area (TPSA) is 391 Å². The van der Waals surface area contributed by atoms with Crippen LogP contribution in [0.2, 0.25) is 10.0 Å². The fourth-order valence-corrected chi connectivity index (χ4v) is 9.88. The molecule has 2 aliphatic heterocycles. The van der Waals surface area contributed by atoms with Gasteiger partial charge in [-0.2, -0.15) is 42.1 Å². The number of hydrogen-bond acceptors (Lipinski definition) is 18. The van der Waals surface area contributed by atoms with Crippen molar-refractivity contribution in [2.24, 2.45) is 9.98 Å². The second kappa shape index (κ2) is 14.1. The van der Waals surface area contributed by atoms with Crippen LogP contribution in [-0.2, 0) is 50.6 Å². The largest absolute Gasteiger partial charge is 0.450 e. The van der Waals surface area contributed by atoms with Crippen molar-refractivity contribution in [1.29, 1.82) is 0 Å². The summed E-state index contributed by atoms with van der Waals surface area (Å²) >= 11 is 13.3. The summed E-state index contributed by atoms with van der Waals surface area (Å²) in [5, 5.41) is 3.09. The number of nitrogen functional groups attached to an aromatic ring is 2. The van der Waals surface area contributed by atoms with Crippen LogP contribution in [0.25, 0.3) is 0 Å². The van der Waals surface area contributed by atoms with Crippen molar-refractivity contribution in [2.75, 3.05) is 22.1 Å². The van der Waals surface area contributed by atoms with Crippen LogP contribution in [0.5, 0.6) is 23.0 Å². The van der Waals surface area contributed by atoms with E-state index in [-0.39, 0.29) is 27.8 Å². The van der Waals surface area contributed by atoms with Crippen LogP contribution in [0.3, 0.4) is 0 Å². The maximum absolute atomic E-state index is 12.9. The zero-order valence-corrected chi connectivity index (χ0v) is 34.3. The highest BCUT2D eigenvalue weighted by Gasteiger charge is 2.35. The van der Waals surface area contributed by atoms with Gasteiger partial charge in [0.05, 0.1) is 28.4 Å². The van der Waals surface area contributed by atoms with Gasteiger partial charge in [0.2, 0.25) is 0 Å². The molecule has 0 saturated heterocycles. The van der Waals surface area contributed by atoms with Crippen molar-refractivity contribution in [2.45, 2.75) is 24.5 Å². The molecule has 0 radical (unpaired) electrons. The Morgan fingerprint density at radius 2 is 0.917 bits per heavy atom. The van der Waals surface area contributed by atoms with Crippen molar-refractivity contribution in [3.63, 3.8) is 0 Å². The number of rotatable bonds is 9. The minimum atomic E-state index is -5.44. The van der Waals surface area contributed by atoms with Crippen LogP contribution >= 0.6 is 23.2 Å². The van der Waals surface area contributed by atoms with Gasteiger partial charge in [0.1, 0.15) is 46.8 Å². The number of anilines is 6. The third-order valence-electron chi connectivity index (χ3n) is 8.32. The highest BCUT2D eigenvalue weighted by Crippen LogP contribution is 2.50. The van der Waals surface area contributed by atoms with Crippen LogP contribution in [0, 0.1) is 0 Å². The Bertz CT molecular complexity index is 3520. The summed E-state index contributed by atoms with van der Waals surface area (Å²) in [4.78, 5) is 3.57. The molecule has 0 spiro atoms. The van der Waals surface area contributed by atoms with E-state index in [0.717, 1.165) is 30.3 Å². The maximum Gasteiger partial charge on any atom is 0.300 e. The number of hydrogen-bond donors (Lipinski definition) is 9. The maximum atomic E-state index is 12.9. The molecule has 0 atom stereocenters. The van der Waals surface area contributed by atoms with Crippen LogP contribution in [0.1, 0.15) is 0 Å². The zero-order chi connectivity index (χ0) is 44.2. The lowest BCUT2D eigenvalue weighted by Crippen LogP contribution is -2.23. The van der Waals surface area contributed by atoms with Gasteiger partial charge in [-0.15, -0.1) is 0 Å². The average Bonchev–Trinajstić information content (AvgIpc) is 3.11. The first-order valence-corrected chi connectivity index (χ1v) is 23.4. The Morgan fingerprint density at radius 3 is 1.35 bits per heavy atom. The summed E-state index contributed by atoms with van der Waals surface area (Å²) in [5.74, 6) is -2.43. The van der Waals surface area contributed by atoms with E-state index in [0.29, 0.717) is 12.1 Å². The van der Waals surface area contributed by atoms with Gasteiger partial charge < -0.3 is 31.6 Å².